The van der Waals surface area contributed by atoms with Gasteiger partial charge in [-0.1, -0.05) is 24.8 Å². The zero-order valence-corrected chi connectivity index (χ0v) is 13.3. The molecule has 0 heterocycles. The summed E-state index contributed by atoms with van der Waals surface area (Å²) in [6.07, 6.45) is 1.12. The third-order valence-electron chi connectivity index (χ3n) is 2.49. The monoisotopic (exact) mass is 323 g/mol. The number of alkyl halides is 3. The summed E-state index contributed by atoms with van der Waals surface area (Å²) in [6, 6.07) is -2.18. The summed E-state index contributed by atoms with van der Waals surface area (Å²) in [4.78, 5) is -0.244. The van der Waals surface area contributed by atoms with Crippen LogP contribution in [0.25, 0.3) is 0 Å². The van der Waals surface area contributed by atoms with E-state index < -0.39 is 22.2 Å². The van der Waals surface area contributed by atoms with E-state index in [0.29, 0.717) is 5.57 Å². The van der Waals surface area contributed by atoms with Gasteiger partial charge >= 0.3 is 6.18 Å². The fraction of sp³-hybridized carbons (Fsp3) is 0.429. The summed E-state index contributed by atoms with van der Waals surface area (Å²) in [5, 5.41) is 0. The van der Waals surface area contributed by atoms with Crippen molar-refractivity contribution in [3.8, 4) is 0 Å². The Morgan fingerprint density at radius 2 is 1.67 bits per heavy atom. The highest BCUT2D eigenvalue weighted by atomic mass is 32.2. The van der Waals surface area contributed by atoms with Crippen LogP contribution >= 0.6 is 0 Å². The Hall–Kier alpha value is -1.34. The van der Waals surface area contributed by atoms with Gasteiger partial charge in [0.15, 0.2) is 0 Å². The fourth-order valence-corrected chi connectivity index (χ4v) is 3.01. The third kappa shape index (κ3) is 5.89. The molecule has 0 bridgehead atoms. The van der Waals surface area contributed by atoms with Crippen molar-refractivity contribution < 1.29 is 21.6 Å². The van der Waals surface area contributed by atoms with E-state index in [2.05, 4.69) is 6.58 Å². The Morgan fingerprint density at radius 3 is 2.00 bits per heavy atom. The van der Waals surface area contributed by atoms with Crippen LogP contribution in [0.4, 0.5) is 13.2 Å². The van der Waals surface area contributed by atoms with Crippen molar-refractivity contribution in [3.05, 3.63) is 46.9 Å². The molecule has 0 aromatic rings. The number of hydrogen-bond acceptors (Lipinski definition) is 2. The van der Waals surface area contributed by atoms with Crippen LogP contribution in [0.1, 0.15) is 27.7 Å². The van der Waals surface area contributed by atoms with E-state index in [1.165, 1.54) is 18.2 Å². The molecule has 0 rings (SSSR count). The molecule has 0 saturated carbocycles. The van der Waals surface area contributed by atoms with E-state index >= 15 is 0 Å². The fourth-order valence-electron chi connectivity index (χ4n) is 1.44. The zero-order chi connectivity index (χ0) is 16.8. The number of sulfonamides is 1. The quantitative estimate of drug-likeness (QED) is 0.755. The maximum Gasteiger partial charge on any atom is 0.404 e. The Labute approximate surface area is 124 Å². The van der Waals surface area contributed by atoms with E-state index in [9.17, 15) is 21.6 Å². The smallest absolute Gasteiger partial charge is 0.207 e. The normalized spacial score (nSPS) is 16.3. The van der Waals surface area contributed by atoms with Gasteiger partial charge in [0.1, 0.15) is 6.04 Å². The van der Waals surface area contributed by atoms with E-state index in [1.54, 1.807) is 31.6 Å². The van der Waals surface area contributed by atoms with Crippen LogP contribution in [-0.2, 0) is 10.0 Å². The number of allylic oxidation sites excluding steroid dienone is 6. The van der Waals surface area contributed by atoms with E-state index in [0.717, 1.165) is 6.92 Å². The standard InChI is InChI=1S/C14H20F3NO2S/c1-6-8-12(10(3)4)13(9-7-2)21(19,20)18-11(5)14(15,16)17/h6-9,11,18H,3H2,1-2,4-5H3. The summed E-state index contributed by atoms with van der Waals surface area (Å²) in [5.41, 5.74) is 0.698. The van der Waals surface area contributed by atoms with E-state index in [1.807, 2.05) is 0 Å². The first-order valence-corrected chi connectivity index (χ1v) is 7.70. The van der Waals surface area contributed by atoms with E-state index in [-0.39, 0.29) is 10.5 Å². The summed E-state index contributed by atoms with van der Waals surface area (Å²) in [6.45, 7) is 9.25. The topological polar surface area (TPSA) is 46.2 Å². The lowest BCUT2D eigenvalue weighted by Crippen LogP contribution is -2.43. The number of nitrogens with one attached hydrogen (secondary N) is 1. The molecule has 0 aromatic carbocycles. The molecular weight excluding hydrogens is 303 g/mol. The van der Waals surface area contributed by atoms with Crippen molar-refractivity contribution in [1.82, 2.24) is 4.72 Å². The van der Waals surface area contributed by atoms with Crippen molar-refractivity contribution in [2.24, 2.45) is 0 Å². The van der Waals surface area contributed by atoms with Gasteiger partial charge in [-0.25, -0.2) is 8.42 Å². The maximum atomic E-state index is 12.5. The largest absolute Gasteiger partial charge is 0.404 e. The second-order valence-corrected chi connectivity index (χ2v) is 6.13. The highest BCUT2D eigenvalue weighted by molar-refractivity contribution is 7.93. The van der Waals surface area contributed by atoms with Crippen molar-refractivity contribution in [2.45, 2.75) is 39.9 Å². The van der Waals surface area contributed by atoms with Crippen LogP contribution in [0.2, 0.25) is 0 Å². The molecule has 1 atom stereocenters. The van der Waals surface area contributed by atoms with Crippen LogP contribution in [0.15, 0.2) is 46.9 Å². The molecule has 1 unspecified atom stereocenters. The van der Waals surface area contributed by atoms with Gasteiger partial charge in [0.25, 0.3) is 0 Å². The van der Waals surface area contributed by atoms with Crippen LogP contribution in [0, 0.1) is 0 Å². The minimum Gasteiger partial charge on any atom is -0.207 e. The predicted octanol–water partition coefficient (Wildman–Crippen LogP) is 3.84. The molecule has 0 aromatic heterocycles. The average Bonchev–Trinajstić information content (AvgIpc) is 2.31. The van der Waals surface area contributed by atoms with Gasteiger partial charge in [-0.3, -0.25) is 0 Å². The lowest BCUT2D eigenvalue weighted by Gasteiger charge is -2.19. The molecule has 0 saturated heterocycles. The van der Waals surface area contributed by atoms with Crippen molar-refractivity contribution >= 4 is 10.0 Å². The van der Waals surface area contributed by atoms with E-state index in [4.69, 9.17) is 0 Å². The van der Waals surface area contributed by atoms with Crippen molar-refractivity contribution in [1.29, 1.82) is 0 Å². The van der Waals surface area contributed by atoms with Gasteiger partial charge in [-0.05, 0) is 44.9 Å². The third-order valence-corrected chi connectivity index (χ3v) is 4.09. The first-order chi connectivity index (χ1) is 9.47. The predicted molar refractivity (Wildman–Crippen MR) is 79.0 cm³/mol. The van der Waals surface area contributed by atoms with Gasteiger partial charge < -0.3 is 0 Å². The molecule has 0 amide bonds. The average molecular weight is 323 g/mol. The molecule has 0 aliphatic heterocycles. The summed E-state index contributed by atoms with van der Waals surface area (Å²) in [5.74, 6) is 0. The number of hydrogen-bond donors (Lipinski definition) is 1. The van der Waals surface area contributed by atoms with Crippen molar-refractivity contribution in [2.75, 3.05) is 0 Å². The summed E-state index contributed by atoms with van der Waals surface area (Å²) in [7, 11) is -4.32. The van der Waals surface area contributed by atoms with Gasteiger partial charge in [0.2, 0.25) is 10.0 Å². The minimum atomic E-state index is -4.65. The molecule has 0 spiro atoms. The van der Waals surface area contributed by atoms with Gasteiger partial charge in [-0.2, -0.15) is 17.9 Å². The Bertz CT molecular complexity index is 570. The highest BCUT2D eigenvalue weighted by Crippen LogP contribution is 2.24. The molecular formula is C14H20F3NO2S. The molecule has 120 valence electrons. The first kappa shape index (κ1) is 19.7. The lowest BCUT2D eigenvalue weighted by atomic mass is 10.1. The maximum absolute atomic E-state index is 12.5. The molecule has 0 radical (unpaired) electrons. The van der Waals surface area contributed by atoms with Crippen molar-refractivity contribution in [3.63, 3.8) is 0 Å². The molecule has 21 heavy (non-hydrogen) atoms. The van der Waals surface area contributed by atoms with Crippen LogP contribution in [-0.4, -0.2) is 20.6 Å². The van der Waals surface area contributed by atoms with Crippen LogP contribution in [0.5, 0.6) is 0 Å². The lowest BCUT2D eigenvalue weighted by molar-refractivity contribution is -0.146. The van der Waals surface area contributed by atoms with Gasteiger partial charge in [0, 0.05) is 0 Å². The molecule has 0 aliphatic rings. The summed E-state index contributed by atoms with van der Waals surface area (Å²) >= 11 is 0. The Kier molecular flexibility index (Phi) is 7.12. The number of halogens is 3. The molecule has 7 heteroatoms. The first-order valence-electron chi connectivity index (χ1n) is 6.22. The SMILES string of the molecule is C=C(C)C(C=CC)=C(C=CC)S(=O)(=O)NC(C)C(F)(F)F. The van der Waals surface area contributed by atoms with Crippen LogP contribution < -0.4 is 4.72 Å². The zero-order valence-electron chi connectivity index (χ0n) is 12.5. The van der Waals surface area contributed by atoms with Crippen LogP contribution in [0.3, 0.4) is 0 Å². The summed E-state index contributed by atoms with van der Waals surface area (Å²) < 4.78 is 63.7. The van der Waals surface area contributed by atoms with Gasteiger partial charge in [-0.15, -0.1) is 0 Å². The molecule has 0 fully saturated rings. The second-order valence-electron chi connectivity index (χ2n) is 4.44. The molecule has 3 nitrogen and oxygen atoms in total. The number of rotatable bonds is 6. The second kappa shape index (κ2) is 7.61. The minimum absolute atomic E-state index is 0.244. The molecule has 0 aliphatic carbocycles. The molecule has 1 N–H and O–H groups in total. The van der Waals surface area contributed by atoms with Gasteiger partial charge in [0.05, 0.1) is 4.91 Å². The Morgan fingerprint density at radius 1 is 1.19 bits per heavy atom. The Balaban J connectivity index is 5.99. The highest BCUT2D eigenvalue weighted by Gasteiger charge is 2.39.